The van der Waals surface area contributed by atoms with Crippen LogP contribution in [0.4, 0.5) is 5.69 Å². The second-order valence-electron chi connectivity index (χ2n) is 6.59. The fourth-order valence-corrected chi connectivity index (χ4v) is 4.41. The summed E-state index contributed by atoms with van der Waals surface area (Å²) in [4.78, 5) is 12.5. The number of nitro groups is 1. The average Bonchev–Trinajstić information content (AvgIpc) is 2.74. The number of sulfonamides is 1. The van der Waals surface area contributed by atoms with Gasteiger partial charge in [0.2, 0.25) is 10.0 Å². The lowest BCUT2D eigenvalue weighted by atomic mass is 10.1. The highest BCUT2D eigenvalue weighted by atomic mass is 32.2. The number of nitro benzene ring substituents is 1. The molecule has 1 aliphatic rings. The number of hydrogen-bond donors (Lipinski definition) is 1. The van der Waals surface area contributed by atoms with Crippen LogP contribution in [0, 0.1) is 10.1 Å². The summed E-state index contributed by atoms with van der Waals surface area (Å²) in [5, 5.41) is 11.3. The highest BCUT2D eigenvalue weighted by Crippen LogP contribution is 2.30. The Kier molecular flexibility index (Phi) is 6.80. The monoisotopic (exact) mass is 421 g/mol. The van der Waals surface area contributed by atoms with E-state index in [2.05, 4.69) is 9.62 Å². The Labute approximate surface area is 169 Å². The first-order valence-corrected chi connectivity index (χ1v) is 10.6. The molecule has 0 spiro atoms. The fraction of sp³-hybridized carbons (Fsp3) is 0.368. The third-order valence-electron chi connectivity index (χ3n) is 4.70. The van der Waals surface area contributed by atoms with Crippen LogP contribution in [0.1, 0.15) is 11.6 Å². The Morgan fingerprint density at radius 2 is 1.90 bits per heavy atom. The summed E-state index contributed by atoms with van der Waals surface area (Å²) in [6.45, 7) is 3.07. The average molecular weight is 421 g/mol. The number of nitrogens with one attached hydrogen (secondary N) is 1. The number of nitrogens with zero attached hydrogens (tertiary/aromatic N) is 2. The van der Waals surface area contributed by atoms with Gasteiger partial charge in [-0.25, -0.2) is 13.1 Å². The zero-order valence-electron chi connectivity index (χ0n) is 16.0. The molecule has 2 aromatic rings. The molecule has 1 fully saturated rings. The van der Waals surface area contributed by atoms with E-state index in [0.29, 0.717) is 32.8 Å². The first-order valence-electron chi connectivity index (χ1n) is 9.10. The van der Waals surface area contributed by atoms with Gasteiger partial charge in [-0.1, -0.05) is 30.3 Å². The van der Waals surface area contributed by atoms with Gasteiger partial charge in [0.25, 0.3) is 0 Å². The highest BCUT2D eigenvalue weighted by Gasteiger charge is 2.27. The van der Waals surface area contributed by atoms with Crippen LogP contribution in [0.5, 0.6) is 5.75 Å². The van der Waals surface area contributed by atoms with Gasteiger partial charge in [-0.3, -0.25) is 15.0 Å². The highest BCUT2D eigenvalue weighted by molar-refractivity contribution is 7.89. The van der Waals surface area contributed by atoms with E-state index >= 15 is 0 Å². The molecule has 0 bridgehead atoms. The molecule has 1 heterocycles. The van der Waals surface area contributed by atoms with Gasteiger partial charge >= 0.3 is 5.69 Å². The number of ether oxygens (including phenoxy) is 2. The maximum Gasteiger partial charge on any atom is 0.312 e. The molecule has 9 nitrogen and oxygen atoms in total. The van der Waals surface area contributed by atoms with Gasteiger partial charge in [-0.15, -0.1) is 0 Å². The van der Waals surface area contributed by atoms with E-state index in [0.717, 1.165) is 11.6 Å². The lowest BCUT2D eigenvalue weighted by molar-refractivity contribution is -0.386. The molecule has 1 atom stereocenters. The molecule has 0 amide bonds. The zero-order chi connectivity index (χ0) is 20.9. The molecule has 3 rings (SSSR count). The molecular weight excluding hydrogens is 398 g/mol. The van der Waals surface area contributed by atoms with Gasteiger partial charge in [0.05, 0.1) is 36.2 Å². The predicted molar refractivity (Wildman–Crippen MR) is 106 cm³/mol. The Bertz CT molecular complexity index is 946. The lowest BCUT2D eigenvalue weighted by Gasteiger charge is -2.31. The van der Waals surface area contributed by atoms with Crippen molar-refractivity contribution in [2.45, 2.75) is 10.9 Å². The van der Waals surface area contributed by atoms with Crippen LogP contribution in [0.3, 0.4) is 0 Å². The molecule has 156 valence electrons. The normalized spacial score (nSPS) is 16.3. The lowest BCUT2D eigenvalue weighted by Crippen LogP contribution is -2.43. The maximum atomic E-state index is 13.0. The Balaban J connectivity index is 1.89. The van der Waals surface area contributed by atoms with Crippen LogP contribution in [0.2, 0.25) is 0 Å². The van der Waals surface area contributed by atoms with E-state index in [9.17, 15) is 18.5 Å². The van der Waals surface area contributed by atoms with E-state index in [4.69, 9.17) is 9.47 Å². The molecule has 0 unspecified atom stereocenters. The third kappa shape index (κ3) is 5.30. The van der Waals surface area contributed by atoms with E-state index in [1.54, 1.807) is 0 Å². The SMILES string of the molecule is COc1ccc(S(=O)(=O)N[C@H](CN2CCOCC2)c2ccccc2)cc1[N+](=O)[O-]. The maximum absolute atomic E-state index is 13.0. The topological polar surface area (TPSA) is 111 Å². The van der Waals surface area contributed by atoms with Crippen molar-refractivity contribution in [3.8, 4) is 5.75 Å². The van der Waals surface area contributed by atoms with Crippen molar-refractivity contribution in [2.24, 2.45) is 0 Å². The minimum Gasteiger partial charge on any atom is -0.490 e. The van der Waals surface area contributed by atoms with Crippen LogP contribution >= 0.6 is 0 Å². The van der Waals surface area contributed by atoms with Crippen LogP contribution < -0.4 is 9.46 Å². The van der Waals surface area contributed by atoms with E-state index in [1.165, 1.54) is 19.2 Å². The zero-order valence-corrected chi connectivity index (χ0v) is 16.8. The van der Waals surface area contributed by atoms with Crippen molar-refractivity contribution >= 4 is 15.7 Å². The summed E-state index contributed by atoms with van der Waals surface area (Å²) < 4.78 is 39.0. The summed E-state index contributed by atoms with van der Waals surface area (Å²) in [6, 6.07) is 12.3. The molecule has 10 heteroatoms. The summed E-state index contributed by atoms with van der Waals surface area (Å²) >= 11 is 0. The quantitative estimate of drug-likeness (QED) is 0.512. The smallest absolute Gasteiger partial charge is 0.312 e. The van der Waals surface area contributed by atoms with Crippen molar-refractivity contribution in [3.05, 3.63) is 64.2 Å². The molecule has 1 saturated heterocycles. The number of morpholine rings is 1. The predicted octanol–water partition coefficient (Wildman–Crippen LogP) is 1.96. The first-order chi connectivity index (χ1) is 13.9. The Morgan fingerprint density at radius 1 is 1.21 bits per heavy atom. The number of methoxy groups -OCH3 is 1. The third-order valence-corrected chi connectivity index (χ3v) is 6.17. The summed E-state index contributed by atoms with van der Waals surface area (Å²) in [6.07, 6.45) is 0. The standard InChI is InChI=1S/C19H23N3O6S/c1-27-19-8-7-16(13-18(19)22(23)24)29(25,26)20-17(15-5-3-2-4-6-15)14-21-9-11-28-12-10-21/h2-8,13,17,20H,9-12,14H2,1H3/t17-/m1/s1. The number of rotatable bonds is 8. The van der Waals surface area contributed by atoms with E-state index in [1.807, 2.05) is 30.3 Å². The van der Waals surface area contributed by atoms with Crippen LogP contribution in [-0.4, -0.2) is 58.2 Å². The Hall–Kier alpha value is -2.53. The molecule has 0 radical (unpaired) electrons. The molecule has 0 aromatic heterocycles. The Morgan fingerprint density at radius 3 is 2.52 bits per heavy atom. The molecule has 29 heavy (non-hydrogen) atoms. The van der Waals surface area contributed by atoms with Crippen LogP contribution in [0.15, 0.2) is 53.4 Å². The minimum atomic E-state index is -4.01. The number of benzene rings is 2. The molecule has 1 aliphatic heterocycles. The van der Waals surface area contributed by atoms with Crippen molar-refractivity contribution in [1.29, 1.82) is 0 Å². The van der Waals surface area contributed by atoms with E-state index < -0.39 is 26.7 Å². The minimum absolute atomic E-state index is 0.00174. The van der Waals surface area contributed by atoms with Gasteiger partial charge in [-0.2, -0.15) is 0 Å². The second-order valence-corrected chi connectivity index (χ2v) is 8.30. The van der Waals surface area contributed by atoms with E-state index in [-0.39, 0.29) is 10.6 Å². The summed E-state index contributed by atoms with van der Waals surface area (Å²) in [5.41, 5.74) is 0.408. The van der Waals surface area contributed by atoms with Crippen molar-refractivity contribution in [1.82, 2.24) is 9.62 Å². The van der Waals surface area contributed by atoms with Crippen molar-refractivity contribution < 1.29 is 22.8 Å². The van der Waals surface area contributed by atoms with Gasteiger partial charge in [0.1, 0.15) is 0 Å². The molecular formula is C19H23N3O6S. The summed E-state index contributed by atoms with van der Waals surface area (Å²) in [5.74, 6) is 0.00174. The summed E-state index contributed by atoms with van der Waals surface area (Å²) in [7, 11) is -2.71. The van der Waals surface area contributed by atoms with Gasteiger partial charge in [0, 0.05) is 25.7 Å². The number of hydrogen-bond acceptors (Lipinski definition) is 7. The molecule has 2 aromatic carbocycles. The first kappa shape index (κ1) is 21.2. The second kappa shape index (κ2) is 9.31. The molecule has 1 N–H and O–H groups in total. The van der Waals surface area contributed by atoms with Gasteiger partial charge < -0.3 is 9.47 Å². The molecule has 0 aliphatic carbocycles. The van der Waals surface area contributed by atoms with Crippen LogP contribution in [-0.2, 0) is 14.8 Å². The van der Waals surface area contributed by atoms with Crippen molar-refractivity contribution in [3.63, 3.8) is 0 Å². The van der Waals surface area contributed by atoms with Gasteiger partial charge in [-0.05, 0) is 17.7 Å². The largest absolute Gasteiger partial charge is 0.490 e. The van der Waals surface area contributed by atoms with Crippen LogP contribution in [0.25, 0.3) is 0 Å². The van der Waals surface area contributed by atoms with Crippen molar-refractivity contribution in [2.75, 3.05) is 40.0 Å². The molecule has 0 saturated carbocycles. The fourth-order valence-electron chi connectivity index (χ4n) is 3.17. The van der Waals surface area contributed by atoms with Gasteiger partial charge in [0.15, 0.2) is 5.75 Å².